The summed E-state index contributed by atoms with van der Waals surface area (Å²) in [6, 6.07) is 7.67. The number of benzene rings is 1. The molecule has 200 valence electrons. The van der Waals surface area contributed by atoms with Crippen LogP contribution in [0, 0.1) is 11.3 Å². The normalized spacial score (nSPS) is 12.7. The Balaban J connectivity index is 2.06. The monoisotopic (exact) mass is 532 g/mol. The maximum Gasteiger partial charge on any atom is 0.353 e. The summed E-state index contributed by atoms with van der Waals surface area (Å²) in [5.41, 5.74) is 5.94. The number of amides is 1. The average molecular weight is 533 g/mol. The van der Waals surface area contributed by atoms with E-state index < -0.39 is 35.9 Å². The van der Waals surface area contributed by atoms with E-state index in [1.165, 1.54) is 11.3 Å². The number of amidine groups is 1. The van der Waals surface area contributed by atoms with E-state index in [2.05, 4.69) is 5.32 Å². The summed E-state index contributed by atoms with van der Waals surface area (Å²) >= 11 is 1.21. The zero-order chi connectivity index (χ0) is 27.7. The van der Waals surface area contributed by atoms with Crippen LogP contribution in [0.4, 0.5) is 0 Å². The first-order valence-electron chi connectivity index (χ1n) is 11.6. The van der Waals surface area contributed by atoms with Gasteiger partial charge in [0.05, 0.1) is 6.04 Å². The van der Waals surface area contributed by atoms with Crippen LogP contribution in [0.3, 0.4) is 0 Å². The highest BCUT2D eigenvalue weighted by Gasteiger charge is 2.29. The lowest BCUT2D eigenvalue weighted by molar-refractivity contribution is -0.144. The van der Waals surface area contributed by atoms with Crippen LogP contribution >= 0.6 is 11.3 Å². The van der Waals surface area contributed by atoms with Crippen molar-refractivity contribution in [2.45, 2.75) is 51.7 Å². The van der Waals surface area contributed by atoms with Gasteiger partial charge in [-0.05, 0) is 62.2 Å². The van der Waals surface area contributed by atoms with Gasteiger partial charge in [0.15, 0.2) is 0 Å². The Hall–Kier alpha value is -3.77. The first-order chi connectivity index (χ1) is 17.4. The summed E-state index contributed by atoms with van der Waals surface area (Å²) in [6.45, 7) is 4.20. The van der Waals surface area contributed by atoms with Crippen LogP contribution in [0.5, 0.6) is 5.75 Å². The first-order valence-corrected chi connectivity index (χ1v) is 12.4. The maximum absolute atomic E-state index is 13.0. The van der Waals surface area contributed by atoms with Crippen LogP contribution in [-0.2, 0) is 20.9 Å². The third kappa shape index (κ3) is 9.32. The summed E-state index contributed by atoms with van der Waals surface area (Å²) in [5.74, 6) is -3.13. The predicted molar refractivity (Wildman–Crippen MR) is 138 cm³/mol. The van der Waals surface area contributed by atoms with Gasteiger partial charge in [-0.15, -0.1) is 11.3 Å². The van der Waals surface area contributed by atoms with Crippen LogP contribution in [-0.4, -0.2) is 63.9 Å². The fourth-order valence-corrected chi connectivity index (χ4v) is 4.46. The quantitative estimate of drug-likeness (QED) is 0.106. The molecule has 11 nitrogen and oxygen atoms in total. The smallest absolute Gasteiger partial charge is 0.353 e. The van der Waals surface area contributed by atoms with E-state index in [1.807, 2.05) is 13.8 Å². The Morgan fingerprint density at radius 2 is 1.76 bits per heavy atom. The molecule has 0 radical (unpaired) electrons. The number of nitrogens with zero attached hydrogens (tertiary/aromatic N) is 1. The molecule has 2 aromatic rings. The molecule has 0 saturated carbocycles. The molecule has 2 atom stereocenters. The highest BCUT2D eigenvalue weighted by molar-refractivity contribution is 7.13. The Kier molecular flexibility index (Phi) is 10.8. The number of nitrogens with one attached hydrogen (secondary N) is 2. The van der Waals surface area contributed by atoms with Gasteiger partial charge in [0, 0.05) is 23.4 Å². The summed E-state index contributed by atoms with van der Waals surface area (Å²) in [7, 11) is 1.73. The molecule has 0 aliphatic heterocycles. The third-order valence-corrected chi connectivity index (χ3v) is 6.48. The molecule has 0 fully saturated rings. The van der Waals surface area contributed by atoms with E-state index in [0.717, 1.165) is 4.88 Å². The second-order valence-electron chi connectivity index (χ2n) is 8.99. The molecular weight excluding hydrogens is 500 g/mol. The fourth-order valence-electron chi connectivity index (χ4n) is 3.52. The van der Waals surface area contributed by atoms with Gasteiger partial charge in [0.25, 0.3) is 0 Å². The van der Waals surface area contributed by atoms with Gasteiger partial charge in [-0.3, -0.25) is 19.9 Å². The number of likely N-dealkylation sites (N-methyl/N-ethyl adjacent to an activating group) is 1. The van der Waals surface area contributed by atoms with Crippen molar-refractivity contribution < 1.29 is 34.1 Å². The topological polar surface area (TPSA) is 183 Å². The van der Waals surface area contributed by atoms with Gasteiger partial charge in [0.1, 0.15) is 22.5 Å². The van der Waals surface area contributed by atoms with Gasteiger partial charge in [-0.1, -0.05) is 13.8 Å². The van der Waals surface area contributed by atoms with Crippen molar-refractivity contribution in [3.63, 3.8) is 0 Å². The zero-order valence-corrected chi connectivity index (χ0v) is 21.7. The van der Waals surface area contributed by atoms with Crippen LogP contribution in [0.25, 0.3) is 0 Å². The molecule has 0 aliphatic rings. The van der Waals surface area contributed by atoms with Gasteiger partial charge < -0.3 is 26.0 Å². The van der Waals surface area contributed by atoms with Crippen molar-refractivity contribution in [3.8, 4) is 5.75 Å². The number of nitrogen functional groups attached to an aromatic ring is 1. The molecule has 1 aromatic carbocycles. The lowest BCUT2D eigenvalue weighted by Gasteiger charge is -2.29. The van der Waals surface area contributed by atoms with E-state index in [9.17, 15) is 24.3 Å². The van der Waals surface area contributed by atoms with Crippen molar-refractivity contribution in [1.29, 1.82) is 5.41 Å². The first kappa shape index (κ1) is 29.5. The Labute approximate surface area is 218 Å². The van der Waals surface area contributed by atoms with E-state index >= 15 is 0 Å². The number of thiophene rings is 1. The second kappa shape index (κ2) is 13.5. The summed E-state index contributed by atoms with van der Waals surface area (Å²) in [6.07, 6.45) is -0.149. The number of hydrogen-bond donors (Lipinski definition) is 5. The third-order valence-electron chi connectivity index (χ3n) is 5.43. The Morgan fingerprint density at radius 3 is 2.30 bits per heavy atom. The number of aliphatic carboxylic acids is 2. The fraction of sp³-hybridized carbons (Fsp3) is 0.400. The minimum atomic E-state index is -1.31. The number of rotatable bonds is 14. The van der Waals surface area contributed by atoms with Gasteiger partial charge >= 0.3 is 17.9 Å². The van der Waals surface area contributed by atoms with Gasteiger partial charge in [-0.2, -0.15) is 0 Å². The van der Waals surface area contributed by atoms with Crippen LogP contribution in [0.15, 0.2) is 36.4 Å². The summed E-state index contributed by atoms with van der Waals surface area (Å²) < 4.78 is 5.38. The largest absolute Gasteiger partial charge is 0.481 e. The minimum absolute atomic E-state index is 0.0897. The van der Waals surface area contributed by atoms with Crippen LogP contribution in [0.1, 0.15) is 53.2 Å². The maximum atomic E-state index is 13.0. The molecule has 2 rings (SSSR count). The Bertz CT molecular complexity index is 1130. The standard InChI is InChI=1S/C25H32N4O7S/c1-14(2)12-19(23(32)28-18(24(33)34)9-11-21(30)31)29(3)13-17-8-10-20(37-17)25(35)36-16-6-4-15(5-7-16)22(26)27/h4-8,10,14,18-19H,9,11-13H2,1-3H3,(H3,26,27)(H,28,32)(H,30,31)(H,33,34)/t18-,19-/m0/s1. The number of ether oxygens (including phenoxy) is 1. The molecule has 0 bridgehead atoms. The lowest BCUT2D eigenvalue weighted by Crippen LogP contribution is -2.51. The molecule has 0 unspecified atom stereocenters. The van der Waals surface area contributed by atoms with Crippen molar-refractivity contribution in [3.05, 3.63) is 51.7 Å². The zero-order valence-electron chi connectivity index (χ0n) is 20.9. The number of carbonyl (C=O) groups is 4. The number of nitrogens with two attached hydrogens (primary N) is 1. The van der Waals surface area contributed by atoms with E-state index in [0.29, 0.717) is 29.2 Å². The minimum Gasteiger partial charge on any atom is -0.481 e. The Morgan fingerprint density at radius 1 is 1.11 bits per heavy atom. The summed E-state index contributed by atoms with van der Waals surface area (Å²) in [4.78, 5) is 50.8. The number of carbonyl (C=O) groups excluding carboxylic acids is 2. The van der Waals surface area contributed by atoms with Crippen molar-refractivity contribution in [1.82, 2.24) is 10.2 Å². The SMILES string of the molecule is CC(C)C[C@@H](C(=O)N[C@@H](CCC(=O)O)C(=O)O)N(C)Cc1ccc(C(=O)Oc2ccc(C(=N)N)cc2)s1. The van der Waals surface area contributed by atoms with Crippen LogP contribution in [0.2, 0.25) is 0 Å². The average Bonchev–Trinajstić information content (AvgIpc) is 3.28. The molecule has 6 N–H and O–H groups in total. The molecule has 0 saturated heterocycles. The van der Waals surface area contributed by atoms with Crippen LogP contribution < -0.4 is 15.8 Å². The number of carboxylic acids is 2. The van der Waals surface area contributed by atoms with Crippen molar-refractivity contribution >= 4 is 41.0 Å². The molecule has 1 aromatic heterocycles. The second-order valence-corrected chi connectivity index (χ2v) is 10.2. The van der Waals surface area contributed by atoms with Crippen molar-refractivity contribution in [2.75, 3.05) is 7.05 Å². The lowest BCUT2D eigenvalue weighted by atomic mass is 10.0. The number of esters is 1. The molecule has 0 spiro atoms. The van der Waals surface area contributed by atoms with E-state index in [-0.39, 0.29) is 24.6 Å². The van der Waals surface area contributed by atoms with Crippen molar-refractivity contribution in [2.24, 2.45) is 11.7 Å². The molecule has 0 aliphatic carbocycles. The van der Waals surface area contributed by atoms with Gasteiger partial charge in [-0.25, -0.2) is 9.59 Å². The molecule has 12 heteroatoms. The molecule has 1 heterocycles. The predicted octanol–water partition coefficient (Wildman–Crippen LogP) is 2.53. The van der Waals surface area contributed by atoms with E-state index in [1.54, 1.807) is 48.3 Å². The number of carboxylic acid groups (broad SMARTS) is 2. The molecular formula is C25H32N4O7S. The summed E-state index contributed by atoms with van der Waals surface area (Å²) in [5, 5.41) is 28.1. The molecule has 37 heavy (non-hydrogen) atoms. The molecule has 1 amide bonds. The number of hydrogen-bond acceptors (Lipinski definition) is 8. The highest BCUT2D eigenvalue weighted by Crippen LogP contribution is 2.23. The highest BCUT2D eigenvalue weighted by atomic mass is 32.1. The van der Waals surface area contributed by atoms with Gasteiger partial charge in [0.2, 0.25) is 5.91 Å². The van der Waals surface area contributed by atoms with E-state index in [4.69, 9.17) is 21.0 Å².